The van der Waals surface area contributed by atoms with Crippen LogP contribution in [0, 0.1) is 0 Å². The zero-order valence-electron chi connectivity index (χ0n) is 13.5. The van der Waals surface area contributed by atoms with Crippen LogP contribution in [0.15, 0.2) is 46.9 Å². The van der Waals surface area contributed by atoms with E-state index in [0.29, 0.717) is 18.6 Å². The zero-order chi connectivity index (χ0) is 20.2. The Hall–Kier alpha value is -2.23. The van der Waals surface area contributed by atoms with Gasteiger partial charge in [0.25, 0.3) is 0 Å². The molecule has 0 heterocycles. The maximum atomic E-state index is 12.8. The van der Waals surface area contributed by atoms with Crippen molar-refractivity contribution in [1.29, 1.82) is 0 Å². The van der Waals surface area contributed by atoms with Crippen LogP contribution in [0.5, 0.6) is 0 Å². The number of carbonyl (C=O) groups excluding carboxylic acids is 1. The Morgan fingerprint density at radius 3 is 2.04 bits per heavy atom. The molecule has 3 nitrogen and oxygen atoms in total. The highest BCUT2D eigenvalue weighted by Crippen LogP contribution is 2.37. The van der Waals surface area contributed by atoms with E-state index in [1.807, 2.05) is 23.5 Å². The standard InChI is InChI=1S/C17H13BrF6N2O/c18-13-3-1-2-10(6-13)4-5-25-15(27)26-14-8-11(16(19,20)21)7-12(9-14)17(22,23)24/h1-3,6-9H,4-5H2,(H2,25,26,27). The van der Waals surface area contributed by atoms with Crippen LogP contribution >= 0.6 is 15.9 Å². The second-order valence-electron chi connectivity index (χ2n) is 5.56. The van der Waals surface area contributed by atoms with Gasteiger partial charge in [-0.05, 0) is 42.3 Å². The molecule has 0 aliphatic rings. The first-order valence-electron chi connectivity index (χ1n) is 7.54. The number of amides is 2. The van der Waals surface area contributed by atoms with Crippen LogP contribution in [0.2, 0.25) is 0 Å². The van der Waals surface area contributed by atoms with Crippen LogP contribution in [-0.4, -0.2) is 12.6 Å². The number of carbonyl (C=O) groups is 1. The highest BCUT2D eigenvalue weighted by Gasteiger charge is 2.37. The van der Waals surface area contributed by atoms with Gasteiger partial charge in [0.1, 0.15) is 0 Å². The molecule has 27 heavy (non-hydrogen) atoms. The third-order valence-electron chi connectivity index (χ3n) is 3.43. The Morgan fingerprint density at radius 2 is 1.52 bits per heavy atom. The number of benzene rings is 2. The van der Waals surface area contributed by atoms with E-state index in [-0.39, 0.29) is 12.6 Å². The minimum absolute atomic E-state index is 0.00362. The number of hydrogen-bond donors (Lipinski definition) is 2. The number of alkyl halides is 6. The number of halogens is 7. The molecule has 146 valence electrons. The van der Waals surface area contributed by atoms with Gasteiger partial charge in [-0.3, -0.25) is 0 Å². The predicted octanol–water partition coefficient (Wildman–Crippen LogP) is 5.85. The molecule has 10 heteroatoms. The molecule has 2 aromatic rings. The number of nitrogens with one attached hydrogen (secondary N) is 2. The van der Waals surface area contributed by atoms with E-state index in [4.69, 9.17) is 0 Å². The van der Waals surface area contributed by atoms with E-state index >= 15 is 0 Å². The zero-order valence-corrected chi connectivity index (χ0v) is 15.1. The van der Waals surface area contributed by atoms with E-state index in [0.717, 1.165) is 10.0 Å². The third-order valence-corrected chi connectivity index (χ3v) is 3.93. The molecule has 0 atom stereocenters. The lowest BCUT2D eigenvalue weighted by atomic mass is 10.1. The molecule has 0 unspecified atom stereocenters. The van der Waals surface area contributed by atoms with Gasteiger partial charge < -0.3 is 10.6 Å². The topological polar surface area (TPSA) is 41.1 Å². The van der Waals surface area contributed by atoms with E-state index in [1.54, 1.807) is 6.07 Å². The molecule has 2 amide bonds. The van der Waals surface area contributed by atoms with Crippen molar-refractivity contribution in [3.05, 3.63) is 63.6 Å². The van der Waals surface area contributed by atoms with Gasteiger partial charge in [0.15, 0.2) is 0 Å². The lowest BCUT2D eigenvalue weighted by Gasteiger charge is -2.15. The summed E-state index contributed by atoms with van der Waals surface area (Å²) in [6, 6.07) is 7.23. The molecular weight excluding hydrogens is 442 g/mol. The van der Waals surface area contributed by atoms with Gasteiger partial charge in [-0.1, -0.05) is 28.1 Å². The monoisotopic (exact) mass is 454 g/mol. The van der Waals surface area contributed by atoms with E-state index < -0.39 is 35.2 Å². The minimum atomic E-state index is -4.98. The molecule has 0 saturated heterocycles. The highest BCUT2D eigenvalue weighted by atomic mass is 79.9. The summed E-state index contributed by atoms with van der Waals surface area (Å²) in [5, 5.41) is 4.39. The maximum absolute atomic E-state index is 12.8. The van der Waals surface area contributed by atoms with E-state index in [9.17, 15) is 31.1 Å². The van der Waals surface area contributed by atoms with Gasteiger partial charge in [-0.25, -0.2) is 4.79 Å². The van der Waals surface area contributed by atoms with Crippen LogP contribution in [0.4, 0.5) is 36.8 Å². The summed E-state index contributed by atoms with van der Waals surface area (Å²) < 4.78 is 77.6. The number of anilines is 1. The summed E-state index contributed by atoms with van der Waals surface area (Å²) in [7, 11) is 0. The molecule has 0 aliphatic heterocycles. The molecule has 0 spiro atoms. The van der Waals surface area contributed by atoms with Crippen molar-refractivity contribution in [2.24, 2.45) is 0 Å². The van der Waals surface area contributed by atoms with Crippen LogP contribution in [0.1, 0.15) is 16.7 Å². The van der Waals surface area contributed by atoms with Gasteiger partial charge in [0.05, 0.1) is 11.1 Å². The Balaban J connectivity index is 2.05. The van der Waals surface area contributed by atoms with Crippen molar-refractivity contribution in [3.63, 3.8) is 0 Å². The van der Waals surface area contributed by atoms with Crippen molar-refractivity contribution in [2.45, 2.75) is 18.8 Å². The van der Waals surface area contributed by atoms with Gasteiger partial charge >= 0.3 is 18.4 Å². The second kappa shape index (κ2) is 8.20. The predicted molar refractivity (Wildman–Crippen MR) is 91.3 cm³/mol. The Labute approximate surface area is 158 Å². The molecule has 0 saturated carbocycles. The fourth-order valence-corrected chi connectivity index (χ4v) is 2.66. The average molecular weight is 455 g/mol. The molecule has 0 aromatic heterocycles. The molecule has 2 rings (SSSR count). The van der Waals surface area contributed by atoms with Crippen molar-refractivity contribution >= 4 is 27.6 Å². The van der Waals surface area contributed by atoms with Gasteiger partial charge in [0, 0.05) is 16.7 Å². The summed E-state index contributed by atoms with van der Waals surface area (Å²) in [6.45, 7) is 0.146. The fourth-order valence-electron chi connectivity index (χ4n) is 2.22. The van der Waals surface area contributed by atoms with Crippen LogP contribution in [0.3, 0.4) is 0 Å². The average Bonchev–Trinajstić information content (AvgIpc) is 2.53. The number of urea groups is 1. The highest BCUT2D eigenvalue weighted by molar-refractivity contribution is 9.10. The van der Waals surface area contributed by atoms with Crippen LogP contribution in [0.25, 0.3) is 0 Å². The van der Waals surface area contributed by atoms with E-state index in [1.165, 1.54) is 0 Å². The summed E-state index contributed by atoms with van der Waals surface area (Å²) in [6.07, 6.45) is -9.52. The van der Waals surface area contributed by atoms with Crippen LogP contribution in [-0.2, 0) is 18.8 Å². The van der Waals surface area contributed by atoms with Crippen LogP contribution < -0.4 is 10.6 Å². The lowest BCUT2D eigenvalue weighted by molar-refractivity contribution is -0.143. The molecular formula is C17H13BrF6N2O. The molecule has 0 aliphatic carbocycles. The molecule has 0 bridgehead atoms. The third kappa shape index (κ3) is 6.46. The molecule has 2 N–H and O–H groups in total. The first-order chi connectivity index (χ1) is 12.4. The summed E-state index contributed by atoms with van der Waals surface area (Å²) in [4.78, 5) is 11.8. The quantitative estimate of drug-likeness (QED) is 0.558. The van der Waals surface area contributed by atoms with Crippen molar-refractivity contribution in [2.75, 3.05) is 11.9 Å². The molecule has 0 fully saturated rings. The molecule has 0 radical (unpaired) electrons. The Bertz CT molecular complexity index is 788. The summed E-state index contributed by atoms with van der Waals surface area (Å²) >= 11 is 3.29. The van der Waals surface area contributed by atoms with Crippen molar-refractivity contribution in [3.8, 4) is 0 Å². The summed E-state index contributed by atoms with van der Waals surface area (Å²) in [5.41, 5.74) is -2.70. The number of hydrogen-bond acceptors (Lipinski definition) is 1. The van der Waals surface area contributed by atoms with Gasteiger partial charge in [0.2, 0.25) is 0 Å². The van der Waals surface area contributed by atoms with Crippen molar-refractivity contribution < 1.29 is 31.1 Å². The van der Waals surface area contributed by atoms with Gasteiger partial charge in [-0.2, -0.15) is 26.3 Å². The SMILES string of the molecule is O=C(NCCc1cccc(Br)c1)Nc1cc(C(F)(F)F)cc(C(F)(F)F)c1. The first-order valence-corrected chi connectivity index (χ1v) is 8.33. The smallest absolute Gasteiger partial charge is 0.338 e. The lowest BCUT2D eigenvalue weighted by Crippen LogP contribution is -2.30. The minimum Gasteiger partial charge on any atom is -0.338 e. The first kappa shape index (κ1) is 21.1. The number of rotatable bonds is 4. The largest absolute Gasteiger partial charge is 0.416 e. The second-order valence-corrected chi connectivity index (χ2v) is 6.47. The molecule has 2 aromatic carbocycles. The summed E-state index contributed by atoms with van der Waals surface area (Å²) in [5.74, 6) is 0. The Kier molecular flexibility index (Phi) is 6.40. The van der Waals surface area contributed by atoms with Gasteiger partial charge in [-0.15, -0.1) is 0 Å². The maximum Gasteiger partial charge on any atom is 0.416 e. The Morgan fingerprint density at radius 1 is 0.926 bits per heavy atom. The van der Waals surface area contributed by atoms with Crippen molar-refractivity contribution in [1.82, 2.24) is 5.32 Å². The van der Waals surface area contributed by atoms with E-state index in [2.05, 4.69) is 21.2 Å². The normalized spacial score (nSPS) is 12.0. The fraction of sp³-hybridized carbons (Fsp3) is 0.235.